The van der Waals surface area contributed by atoms with E-state index < -0.39 is 6.10 Å². The maximum absolute atomic E-state index is 9.39. The molecule has 0 aromatic carbocycles. The number of rotatable bonds is 3. The molecule has 0 saturated heterocycles. The van der Waals surface area contributed by atoms with Crippen molar-refractivity contribution in [1.82, 2.24) is 23.7 Å². The van der Waals surface area contributed by atoms with Gasteiger partial charge >= 0.3 is 0 Å². The van der Waals surface area contributed by atoms with Crippen LogP contribution in [0.5, 0.6) is 0 Å². The SMILES string of the molecule is CC(O)c1cnnn1Cc1cnsn1. The number of hydrogen-bond acceptors (Lipinski definition) is 6. The maximum atomic E-state index is 9.39. The van der Waals surface area contributed by atoms with Crippen molar-refractivity contribution in [3.05, 3.63) is 23.8 Å². The van der Waals surface area contributed by atoms with E-state index in [0.717, 1.165) is 17.4 Å². The highest BCUT2D eigenvalue weighted by Gasteiger charge is 2.10. The van der Waals surface area contributed by atoms with Gasteiger partial charge in [0.15, 0.2) is 0 Å². The van der Waals surface area contributed by atoms with Crippen molar-refractivity contribution < 1.29 is 5.11 Å². The molecule has 7 heteroatoms. The maximum Gasteiger partial charge on any atom is 0.0958 e. The van der Waals surface area contributed by atoms with Crippen LogP contribution in [0.25, 0.3) is 0 Å². The van der Waals surface area contributed by atoms with E-state index in [-0.39, 0.29) is 0 Å². The van der Waals surface area contributed by atoms with E-state index in [4.69, 9.17) is 0 Å². The van der Waals surface area contributed by atoms with Gasteiger partial charge in [0, 0.05) is 0 Å². The summed E-state index contributed by atoms with van der Waals surface area (Å²) >= 11 is 1.15. The molecule has 0 spiro atoms. The summed E-state index contributed by atoms with van der Waals surface area (Å²) in [5.41, 5.74) is 1.50. The molecule has 14 heavy (non-hydrogen) atoms. The topological polar surface area (TPSA) is 76.7 Å². The summed E-state index contributed by atoms with van der Waals surface area (Å²) in [6, 6.07) is 0. The van der Waals surface area contributed by atoms with Crippen LogP contribution in [0.4, 0.5) is 0 Å². The summed E-state index contributed by atoms with van der Waals surface area (Å²) in [6.45, 7) is 2.17. The predicted molar refractivity (Wildman–Crippen MR) is 49.7 cm³/mol. The normalized spacial score (nSPS) is 13.0. The number of aromatic nitrogens is 5. The average Bonchev–Trinajstić information content (AvgIpc) is 2.75. The molecule has 0 fully saturated rings. The molecule has 1 N–H and O–H groups in total. The van der Waals surface area contributed by atoms with Crippen molar-refractivity contribution in [1.29, 1.82) is 0 Å². The van der Waals surface area contributed by atoms with Crippen LogP contribution in [0, 0.1) is 0 Å². The first-order valence-corrected chi connectivity index (χ1v) is 4.83. The summed E-state index contributed by atoms with van der Waals surface area (Å²) in [5, 5.41) is 17.0. The van der Waals surface area contributed by atoms with Gasteiger partial charge in [-0.1, -0.05) is 5.21 Å². The smallest absolute Gasteiger partial charge is 0.0958 e. The molecule has 1 atom stereocenters. The van der Waals surface area contributed by atoms with Gasteiger partial charge in [0.1, 0.15) is 0 Å². The van der Waals surface area contributed by atoms with Crippen LogP contribution in [-0.4, -0.2) is 28.8 Å². The van der Waals surface area contributed by atoms with Gasteiger partial charge in [-0.3, -0.25) is 0 Å². The van der Waals surface area contributed by atoms with Crippen LogP contribution in [0.1, 0.15) is 24.4 Å². The Morgan fingerprint density at radius 3 is 3.07 bits per heavy atom. The lowest BCUT2D eigenvalue weighted by Gasteiger charge is -2.05. The Morgan fingerprint density at radius 1 is 1.57 bits per heavy atom. The standard InChI is InChI=1S/C7H9N5OS/c1-5(13)7-3-8-11-12(7)4-6-2-9-14-10-6/h2-3,5,13H,4H2,1H3. The third kappa shape index (κ3) is 1.78. The van der Waals surface area contributed by atoms with Crippen LogP contribution in [0.2, 0.25) is 0 Å². The number of aliphatic hydroxyl groups is 1. The van der Waals surface area contributed by atoms with Gasteiger partial charge in [-0.05, 0) is 6.92 Å². The Hall–Kier alpha value is -1.34. The van der Waals surface area contributed by atoms with E-state index in [1.54, 1.807) is 24.0 Å². The molecule has 2 heterocycles. The minimum Gasteiger partial charge on any atom is -0.387 e. The van der Waals surface area contributed by atoms with Crippen molar-refractivity contribution in [2.75, 3.05) is 0 Å². The number of hydrogen-bond donors (Lipinski definition) is 1. The highest BCUT2D eigenvalue weighted by Crippen LogP contribution is 2.10. The van der Waals surface area contributed by atoms with E-state index >= 15 is 0 Å². The van der Waals surface area contributed by atoms with Crippen LogP contribution in [0.15, 0.2) is 12.4 Å². The van der Waals surface area contributed by atoms with Crippen LogP contribution >= 0.6 is 11.7 Å². The Kier molecular flexibility index (Phi) is 2.51. The minimum atomic E-state index is -0.573. The summed E-state index contributed by atoms with van der Waals surface area (Å²) in [5.74, 6) is 0. The second-order valence-corrected chi connectivity index (χ2v) is 3.45. The van der Waals surface area contributed by atoms with Crippen molar-refractivity contribution in [3.63, 3.8) is 0 Å². The van der Waals surface area contributed by atoms with E-state index in [2.05, 4.69) is 19.1 Å². The highest BCUT2D eigenvalue weighted by atomic mass is 32.1. The Bertz CT molecular complexity index is 396. The van der Waals surface area contributed by atoms with Crippen LogP contribution in [0.3, 0.4) is 0 Å². The Balaban J connectivity index is 2.21. The highest BCUT2D eigenvalue weighted by molar-refractivity contribution is 6.99. The largest absolute Gasteiger partial charge is 0.387 e. The lowest BCUT2D eigenvalue weighted by Crippen LogP contribution is -2.08. The molecule has 0 aliphatic rings. The molecule has 0 amide bonds. The molecule has 6 nitrogen and oxygen atoms in total. The molecular formula is C7H9N5OS. The number of nitrogens with zero attached hydrogens (tertiary/aromatic N) is 5. The van der Waals surface area contributed by atoms with Crippen molar-refractivity contribution in [3.8, 4) is 0 Å². The average molecular weight is 211 g/mol. The molecule has 2 aromatic heterocycles. The second kappa shape index (κ2) is 3.81. The Labute approximate surface area is 84.5 Å². The van der Waals surface area contributed by atoms with Crippen molar-refractivity contribution in [2.24, 2.45) is 0 Å². The summed E-state index contributed by atoms with van der Waals surface area (Å²) in [7, 11) is 0. The first kappa shape index (κ1) is 9.22. The molecule has 74 valence electrons. The van der Waals surface area contributed by atoms with Gasteiger partial charge in [-0.15, -0.1) is 5.10 Å². The molecule has 0 saturated carbocycles. The van der Waals surface area contributed by atoms with Gasteiger partial charge in [-0.2, -0.15) is 8.75 Å². The first-order chi connectivity index (χ1) is 6.77. The molecule has 2 aromatic rings. The zero-order valence-electron chi connectivity index (χ0n) is 7.53. The summed E-state index contributed by atoms with van der Waals surface area (Å²) < 4.78 is 9.55. The van der Waals surface area contributed by atoms with Crippen molar-refractivity contribution in [2.45, 2.75) is 19.6 Å². The third-order valence-electron chi connectivity index (χ3n) is 1.79. The first-order valence-electron chi connectivity index (χ1n) is 4.10. The lowest BCUT2D eigenvalue weighted by atomic mass is 10.3. The van der Waals surface area contributed by atoms with E-state index in [9.17, 15) is 5.11 Å². The van der Waals surface area contributed by atoms with E-state index in [0.29, 0.717) is 12.2 Å². The van der Waals surface area contributed by atoms with Crippen molar-refractivity contribution >= 4 is 11.7 Å². The molecular weight excluding hydrogens is 202 g/mol. The van der Waals surface area contributed by atoms with Gasteiger partial charge in [-0.25, -0.2) is 4.68 Å². The second-order valence-electron chi connectivity index (χ2n) is 2.89. The van der Waals surface area contributed by atoms with Gasteiger partial charge in [0.2, 0.25) is 0 Å². The molecule has 0 aliphatic carbocycles. The zero-order valence-corrected chi connectivity index (χ0v) is 8.35. The molecule has 0 radical (unpaired) electrons. The molecule has 0 aliphatic heterocycles. The number of aliphatic hydroxyl groups excluding tert-OH is 1. The predicted octanol–water partition coefficient (Wildman–Crippen LogP) is 0.231. The van der Waals surface area contributed by atoms with Crippen LogP contribution in [-0.2, 0) is 6.54 Å². The lowest BCUT2D eigenvalue weighted by molar-refractivity contribution is 0.188. The molecule has 1 unspecified atom stereocenters. The zero-order chi connectivity index (χ0) is 9.97. The van der Waals surface area contributed by atoms with Gasteiger partial charge < -0.3 is 5.11 Å². The third-order valence-corrected chi connectivity index (χ3v) is 2.31. The fraction of sp³-hybridized carbons (Fsp3) is 0.429. The Morgan fingerprint density at radius 2 is 2.43 bits per heavy atom. The van der Waals surface area contributed by atoms with Gasteiger partial charge in [0.25, 0.3) is 0 Å². The van der Waals surface area contributed by atoms with E-state index in [1.165, 1.54) is 0 Å². The van der Waals surface area contributed by atoms with Gasteiger partial charge in [0.05, 0.1) is 48.2 Å². The van der Waals surface area contributed by atoms with E-state index in [1.807, 2.05) is 0 Å². The quantitative estimate of drug-likeness (QED) is 0.786. The summed E-state index contributed by atoms with van der Waals surface area (Å²) in [4.78, 5) is 0. The monoisotopic (exact) mass is 211 g/mol. The minimum absolute atomic E-state index is 0.497. The fourth-order valence-corrected chi connectivity index (χ4v) is 1.54. The van der Waals surface area contributed by atoms with Crippen LogP contribution < -0.4 is 0 Å². The summed E-state index contributed by atoms with van der Waals surface area (Å²) in [6.07, 6.45) is 2.65. The fourth-order valence-electron chi connectivity index (χ4n) is 1.12. The molecule has 0 bridgehead atoms. The molecule has 2 rings (SSSR count).